The van der Waals surface area contributed by atoms with Crippen molar-refractivity contribution in [3.63, 3.8) is 0 Å². The van der Waals surface area contributed by atoms with E-state index in [9.17, 15) is 0 Å². The molecule has 0 atom stereocenters. The highest BCUT2D eigenvalue weighted by Gasteiger charge is 1.97. The molecule has 4 heteroatoms. The lowest BCUT2D eigenvalue weighted by Gasteiger charge is -1.97. The molecule has 11 heavy (non-hydrogen) atoms. The van der Waals surface area contributed by atoms with E-state index in [4.69, 9.17) is 19.8 Å². The molecule has 1 aromatic rings. The van der Waals surface area contributed by atoms with Gasteiger partial charge in [-0.15, -0.1) is 0 Å². The van der Waals surface area contributed by atoms with Gasteiger partial charge in [0.15, 0.2) is 5.84 Å². The molecule has 1 heterocycles. The van der Waals surface area contributed by atoms with Crippen molar-refractivity contribution >= 4 is 5.84 Å². The topological polar surface area (TPSA) is 77.3 Å². The van der Waals surface area contributed by atoms with E-state index in [1.54, 1.807) is 0 Å². The van der Waals surface area contributed by atoms with Gasteiger partial charge in [-0.25, -0.2) is 4.98 Å². The van der Waals surface area contributed by atoms with E-state index >= 15 is 0 Å². The van der Waals surface area contributed by atoms with E-state index in [2.05, 4.69) is 10.1 Å². The van der Waals surface area contributed by atoms with E-state index in [-0.39, 0.29) is 11.5 Å². The lowest BCUT2D eigenvalue weighted by molar-refractivity contribution is 1.15. The average molecular weight is 162 g/mol. The Labute approximate surface area is 73.4 Å². The van der Waals surface area contributed by atoms with Crippen LogP contribution in [-0.2, 0) is 0 Å². The van der Waals surface area contributed by atoms with Crippen LogP contribution in [0, 0.1) is 6.85 Å². The Bertz CT molecular complexity index is 480. The zero-order valence-electron chi connectivity index (χ0n) is 11.5. The minimum Gasteiger partial charge on any atom is -0.380 e. The van der Waals surface area contributed by atoms with Crippen molar-refractivity contribution in [3.05, 3.63) is 29.5 Å². The van der Waals surface area contributed by atoms with E-state index < -0.39 is 30.7 Å². The summed E-state index contributed by atoms with van der Waals surface area (Å²) in [7, 11) is 0. The monoisotopic (exact) mass is 162 g/mol. The molecule has 0 amide bonds. The molecule has 0 aliphatic heterocycles. The van der Waals surface area contributed by atoms with Gasteiger partial charge in [0.05, 0.1) is 4.11 Å². The summed E-state index contributed by atoms with van der Waals surface area (Å²) in [5.74, 6) is 4.56. The second kappa shape index (κ2) is 3.01. The van der Waals surface area contributed by atoms with Crippen LogP contribution in [0.25, 0.3) is 0 Å². The lowest BCUT2D eigenvalue weighted by Crippen LogP contribution is -2.17. The van der Waals surface area contributed by atoms with Crippen LogP contribution in [0.1, 0.15) is 19.6 Å². The number of aromatic nitrogens is 1. The highest BCUT2D eigenvalue weighted by molar-refractivity contribution is 5.95. The number of aryl methyl sites for hydroxylation is 1. The van der Waals surface area contributed by atoms with Crippen LogP contribution in [0.2, 0.25) is 0 Å². The van der Waals surface area contributed by atoms with Crippen LogP contribution in [-0.4, -0.2) is 10.8 Å². The SMILES string of the molecule is [3H]c1c(C(N)=NN)nc(C([3H])([3H])[3H])c([3H])c1[3H]. The fourth-order valence-electron chi connectivity index (χ4n) is 0.500. The number of pyridine rings is 1. The molecule has 0 aromatic carbocycles. The highest BCUT2D eigenvalue weighted by Crippen LogP contribution is 1.96. The summed E-state index contributed by atoms with van der Waals surface area (Å²) in [5, 5.41) is 3.10. The Kier molecular flexibility index (Phi) is 0.767. The first-order chi connectivity index (χ1) is 7.70. The third-order valence-electron chi connectivity index (χ3n) is 0.967. The van der Waals surface area contributed by atoms with Crippen molar-refractivity contribution in [2.45, 2.75) is 6.85 Å². The molecule has 0 saturated carbocycles. The molecule has 4 nitrogen and oxygen atoms in total. The number of hydrazone groups is 1. The Hall–Kier alpha value is -1.58. The second-order valence-corrected chi connectivity index (χ2v) is 1.70. The van der Waals surface area contributed by atoms with Crippen LogP contribution in [0.5, 0.6) is 0 Å². The third-order valence-corrected chi connectivity index (χ3v) is 0.967. The molecule has 0 saturated heterocycles. The van der Waals surface area contributed by atoms with Crippen LogP contribution < -0.4 is 11.6 Å². The Balaban J connectivity index is 3.62. The Morgan fingerprint density at radius 3 is 3.27 bits per heavy atom. The maximum atomic E-state index is 7.50. The number of nitrogens with zero attached hydrogens (tertiary/aromatic N) is 2. The zero-order valence-corrected chi connectivity index (χ0v) is 5.55. The first-order valence-electron chi connectivity index (χ1n) is 5.72. The molecule has 0 fully saturated rings. The van der Waals surface area contributed by atoms with Crippen molar-refractivity contribution in [1.29, 1.82) is 0 Å². The molecule has 1 rings (SSSR count). The third kappa shape index (κ3) is 1.67. The van der Waals surface area contributed by atoms with Crippen LogP contribution in [0.15, 0.2) is 23.2 Å². The van der Waals surface area contributed by atoms with E-state index in [0.717, 1.165) is 0 Å². The standard InChI is InChI=1S/C7H10N4/c1-5-3-2-4-6(10-5)7(8)11-9/h2-4H,9H2,1H3,(H2,8,11)/i1T3,2T,3T,4T. The van der Waals surface area contributed by atoms with Gasteiger partial charge in [-0.2, -0.15) is 5.10 Å². The van der Waals surface area contributed by atoms with E-state index in [0.29, 0.717) is 0 Å². The summed E-state index contributed by atoms with van der Waals surface area (Å²) in [6.07, 6.45) is 0. The number of amidine groups is 1. The van der Waals surface area contributed by atoms with Gasteiger partial charge in [-0.3, -0.25) is 0 Å². The molecule has 0 spiro atoms. The summed E-state index contributed by atoms with van der Waals surface area (Å²) < 4.78 is 43.9. The molecular weight excluding hydrogens is 140 g/mol. The maximum Gasteiger partial charge on any atom is 0.168 e. The Morgan fingerprint density at radius 1 is 1.82 bits per heavy atom. The quantitative estimate of drug-likeness (QED) is 0.263. The molecule has 4 N–H and O–H groups in total. The van der Waals surface area contributed by atoms with Gasteiger partial charge < -0.3 is 11.6 Å². The van der Waals surface area contributed by atoms with Crippen molar-refractivity contribution in [2.24, 2.45) is 16.7 Å². The summed E-state index contributed by atoms with van der Waals surface area (Å²) in [5.41, 5.74) is 4.44. The first kappa shape index (κ1) is 2.81. The predicted molar refractivity (Wildman–Crippen MR) is 43.9 cm³/mol. The molecule has 0 aliphatic carbocycles. The molecule has 58 valence electrons. The van der Waals surface area contributed by atoms with Gasteiger partial charge in [0.1, 0.15) is 5.69 Å². The number of hydrogen-bond donors (Lipinski definition) is 2. The number of nitrogens with two attached hydrogens (primary N) is 2. The van der Waals surface area contributed by atoms with E-state index in [1.807, 2.05) is 0 Å². The van der Waals surface area contributed by atoms with Gasteiger partial charge in [0, 0.05) is 9.81 Å². The fraction of sp³-hybridized carbons (Fsp3) is 0.143. The summed E-state index contributed by atoms with van der Waals surface area (Å²) in [4.78, 5) is 3.58. The van der Waals surface area contributed by atoms with Crippen LogP contribution in [0.4, 0.5) is 0 Å². The Morgan fingerprint density at radius 2 is 2.64 bits per heavy atom. The van der Waals surface area contributed by atoms with Crippen molar-refractivity contribution in [3.8, 4) is 0 Å². The minimum atomic E-state index is -2.66. The van der Waals surface area contributed by atoms with Crippen LogP contribution >= 0.6 is 0 Å². The van der Waals surface area contributed by atoms with Gasteiger partial charge in [0.25, 0.3) is 0 Å². The lowest BCUT2D eigenvalue weighted by atomic mass is 10.3. The molecule has 0 unspecified atom stereocenters. The van der Waals surface area contributed by atoms with Crippen molar-refractivity contribution in [2.75, 3.05) is 0 Å². The molecule has 0 bridgehead atoms. The average Bonchev–Trinajstić information content (AvgIpc) is 2.23. The molecule has 1 aromatic heterocycles. The highest BCUT2D eigenvalue weighted by atomic mass is 15.2. The zero-order chi connectivity index (χ0) is 13.4. The van der Waals surface area contributed by atoms with Crippen LogP contribution in [0.3, 0.4) is 0 Å². The maximum absolute atomic E-state index is 7.50. The van der Waals surface area contributed by atoms with Gasteiger partial charge in [-0.05, 0) is 18.9 Å². The summed E-state index contributed by atoms with van der Waals surface area (Å²) in [6, 6.07) is -1.68. The smallest absolute Gasteiger partial charge is 0.168 e. The largest absolute Gasteiger partial charge is 0.380 e. The molecule has 0 radical (unpaired) electrons. The normalized spacial score (nSPS) is 20.5. The van der Waals surface area contributed by atoms with Gasteiger partial charge >= 0.3 is 0 Å². The summed E-state index contributed by atoms with van der Waals surface area (Å²) >= 11 is 0. The second-order valence-electron chi connectivity index (χ2n) is 1.70. The number of hydrogen-bond acceptors (Lipinski definition) is 3. The predicted octanol–water partition coefficient (Wildman–Crippen LogP) is -0.0310. The van der Waals surface area contributed by atoms with E-state index in [1.165, 1.54) is 0 Å². The molecule has 0 aliphatic rings. The van der Waals surface area contributed by atoms with Gasteiger partial charge in [-0.1, -0.05) is 6.04 Å². The number of rotatable bonds is 1. The minimum absolute atomic E-state index is 0.306. The first-order valence-corrected chi connectivity index (χ1v) is 2.72. The molecular formula is C7H10N4. The van der Waals surface area contributed by atoms with Crippen molar-refractivity contribution in [1.82, 2.24) is 4.98 Å². The van der Waals surface area contributed by atoms with Crippen molar-refractivity contribution < 1.29 is 8.22 Å². The summed E-state index contributed by atoms with van der Waals surface area (Å²) in [6.45, 7) is -2.66. The van der Waals surface area contributed by atoms with Gasteiger partial charge in [0.2, 0.25) is 0 Å². The fourth-order valence-corrected chi connectivity index (χ4v) is 0.500.